The second kappa shape index (κ2) is 7.31. The fraction of sp³-hybridized carbons (Fsp3) is 0.688. The quantitative estimate of drug-likeness (QED) is 0.798. The van der Waals surface area contributed by atoms with E-state index < -0.39 is 0 Å². The minimum Gasteiger partial charge on any atom is -0.321 e. The Kier molecular flexibility index (Phi) is 5.18. The van der Waals surface area contributed by atoms with Crippen LogP contribution in [0.4, 0.5) is 5.95 Å². The fourth-order valence-electron chi connectivity index (χ4n) is 3.17. The number of hydrogen-bond donors (Lipinski definition) is 1. The highest BCUT2D eigenvalue weighted by Crippen LogP contribution is 2.27. The monoisotopic (exact) mass is 320 g/mol. The molecule has 1 aromatic heterocycles. The Morgan fingerprint density at radius 2 is 1.73 bits per heavy atom. The van der Waals surface area contributed by atoms with Gasteiger partial charge in [-0.05, 0) is 31.1 Å². The van der Waals surface area contributed by atoms with Crippen molar-refractivity contribution >= 4 is 23.5 Å². The predicted molar refractivity (Wildman–Crippen MR) is 89.0 cm³/mol. The van der Waals surface area contributed by atoms with Gasteiger partial charge < -0.3 is 5.32 Å². The number of allylic oxidation sites excluding steroid dienone is 2. The molecule has 0 saturated heterocycles. The third-order valence-electron chi connectivity index (χ3n) is 4.43. The topological polar surface area (TPSA) is 59.8 Å². The van der Waals surface area contributed by atoms with Crippen molar-refractivity contribution in [2.45, 2.75) is 69.5 Å². The number of aromatic nitrogens is 3. The van der Waals surface area contributed by atoms with E-state index in [4.69, 9.17) is 0 Å². The normalized spacial score (nSPS) is 20.5. The second-order valence-corrected chi connectivity index (χ2v) is 6.85. The molecule has 2 heterocycles. The third-order valence-corrected chi connectivity index (χ3v) is 4.97. The number of nitrogens with one attached hydrogen (secondary N) is 1. The van der Waals surface area contributed by atoms with Gasteiger partial charge in [-0.25, -0.2) is 4.68 Å². The molecule has 0 bridgehead atoms. The number of thioether (sulfide) groups is 1. The lowest BCUT2D eigenvalue weighted by Crippen LogP contribution is -2.24. The molecule has 5 nitrogen and oxygen atoms in total. The molecule has 1 aromatic rings. The van der Waals surface area contributed by atoms with Gasteiger partial charge in [0, 0.05) is 6.42 Å². The molecular formula is C16H24N4OS. The average molecular weight is 320 g/mol. The number of carbonyl (C=O) groups is 1. The van der Waals surface area contributed by atoms with Gasteiger partial charge >= 0.3 is 0 Å². The number of rotatable bonds is 1. The lowest BCUT2D eigenvalue weighted by atomic mass is 9.97. The van der Waals surface area contributed by atoms with Gasteiger partial charge in [-0.15, -0.1) is 5.10 Å². The van der Waals surface area contributed by atoms with E-state index >= 15 is 0 Å². The van der Waals surface area contributed by atoms with Gasteiger partial charge in [-0.3, -0.25) is 4.79 Å². The van der Waals surface area contributed by atoms with Crippen molar-refractivity contribution in [1.82, 2.24) is 14.8 Å². The van der Waals surface area contributed by atoms with E-state index in [1.54, 1.807) is 0 Å². The number of fused-ring (bicyclic) bond motifs is 1. The fourth-order valence-corrected chi connectivity index (χ4v) is 3.53. The summed E-state index contributed by atoms with van der Waals surface area (Å²) in [5.41, 5.74) is 2.00. The van der Waals surface area contributed by atoms with Crippen LogP contribution in [0.3, 0.4) is 0 Å². The van der Waals surface area contributed by atoms with Gasteiger partial charge in [0.15, 0.2) is 5.78 Å². The minimum absolute atomic E-state index is 0.246. The van der Waals surface area contributed by atoms with E-state index in [9.17, 15) is 4.79 Å². The van der Waals surface area contributed by atoms with E-state index in [1.807, 2.05) is 10.9 Å². The van der Waals surface area contributed by atoms with Crippen LogP contribution >= 0.6 is 11.8 Å². The van der Waals surface area contributed by atoms with Crippen molar-refractivity contribution in [2.24, 2.45) is 0 Å². The SMILES string of the molecule is CSc1nc2n(n1)CC1=C(N2)C(=O)CCCCCCCCC1. The summed E-state index contributed by atoms with van der Waals surface area (Å²) in [4.78, 5) is 17.0. The summed E-state index contributed by atoms with van der Waals surface area (Å²) >= 11 is 1.53. The molecule has 1 aliphatic carbocycles. The summed E-state index contributed by atoms with van der Waals surface area (Å²) in [6, 6.07) is 0. The first-order valence-electron chi connectivity index (χ1n) is 8.29. The van der Waals surface area contributed by atoms with Crippen LogP contribution in [0.5, 0.6) is 0 Å². The first kappa shape index (κ1) is 15.6. The van der Waals surface area contributed by atoms with Crippen LogP contribution in [0.25, 0.3) is 0 Å². The number of carbonyl (C=O) groups excluding carboxylic acids is 1. The summed E-state index contributed by atoms with van der Waals surface area (Å²) in [5.74, 6) is 0.957. The van der Waals surface area contributed by atoms with E-state index in [2.05, 4.69) is 15.4 Å². The Bertz CT molecular complexity index is 579. The largest absolute Gasteiger partial charge is 0.321 e. The molecule has 22 heavy (non-hydrogen) atoms. The Morgan fingerprint density at radius 1 is 1.05 bits per heavy atom. The van der Waals surface area contributed by atoms with Gasteiger partial charge in [0.2, 0.25) is 11.1 Å². The molecule has 0 aromatic carbocycles. The molecule has 6 heteroatoms. The standard InChI is InChI=1S/C16H24N4OS/c1-22-16-18-15-17-14-12(11-20(15)19-16)9-7-5-3-2-4-6-8-10-13(14)21/h2-11H2,1H3,(H,17,18,19). The molecule has 3 rings (SSSR count). The number of Topliss-reactive ketones (excluding diaryl/α,β-unsaturated/α-hetero) is 1. The van der Waals surface area contributed by atoms with Crippen LogP contribution < -0.4 is 5.32 Å². The van der Waals surface area contributed by atoms with E-state index in [1.165, 1.54) is 49.4 Å². The van der Waals surface area contributed by atoms with E-state index in [-0.39, 0.29) is 5.78 Å². The highest BCUT2D eigenvalue weighted by Gasteiger charge is 2.24. The minimum atomic E-state index is 0.246. The van der Waals surface area contributed by atoms with Crippen LogP contribution in [0.2, 0.25) is 0 Å². The number of ketones is 1. The molecule has 0 atom stereocenters. The highest BCUT2D eigenvalue weighted by molar-refractivity contribution is 7.98. The molecule has 0 unspecified atom stereocenters. The summed E-state index contributed by atoms with van der Waals surface area (Å²) < 4.78 is 1.89. The maximum absolute atomic E-state index is 12.6. The third kappa shape index (κ3) is 3.54. The molecule has 0 radical (unpaired) electrons. The zero-order valence-electron chi connectivity index (χ0n) is 13.2. The van der Waals surface area contributed by atoms with Crippen molar-refractivity contribution < 1.29 is 4.79 Å². The van der Waals surface area contributed by atoms with Crippen LogP contribution in [0.1, 0.15) is 57.8 Å². The maximum Gasteiger partial charge on any atom is 0.227 e. The average Bonchev–Trinajstić information content (AvgIpc) is 2.93. The molecule has 0 amide bonds. The van der Waals surface area contributed by atoms with Crippen LogP contribution in [-0.4, -0.2) is 26.8 Å². The molecule has 2 aliphatic rings. The lowest BCUT2D eigenvalue weighted by molar-refractivity contribution is -0.115. The Hall–Kier alpha value is -1.30. The van der Waals surface area contributed by atoms with Gasteiger partial charge in [-0.1, -0.05) is 43.9 Å². The Morgan fingerprint density at radius 3 is 2.45 bits per heavy atom. The summed E-state index contributed by atoms with van der Waals surface area (Å²) in [6.07, 6.45) is 12.1. The molecule has 120 valence electrons. The molecule has 1 aliphatic heterocycles. The van der Waals surface area contributed by atoms with Gasteiger partial charge in [-0.2, -0.15) is 4.98 Å². The van der Waals surface area contributed by atoms with Gasteiger partial charge in [0.05, 0.1) is 12.2 Å². The first-order valence-corrected chi connectivity index (χ1v) is 9.51. The van der Waals surface area contributed by atoms with Crippen molar-refractivity contribution in [2.75, 3.05) is 11.6 Å². The lowest BCUT2D eigenvalue weighted by Gasteiger charge is -2.22. The highest BCUT2D eigenvalue weighted by atomic mass is 32.2. The maximum atomic E-state index is 12.6. The Labute approximate surface area is 136 Å². The van der Waals surface area contributed by atoms with E-state index in [0.717, 1.165) is 30.1 Å². The van der Waals surface area contributed by atoms with Crippen molar-refractivity contribution in [3.63, 3.8) is 0 Å². The van der Waals surface area contributed by atoms with Crippen LogP contribution in [-0.2, 0) is 11.3 Å². The molecule has 1 N–H and O–H groups in total. The number of hydrogen-bond acceptors (Lipinski definition) is 5. The van der Waals surface area contributed by atoms with Crippen molar-refractivity contribution in [3.05, 3.63) is 11.3 Å². The predicted octanol–water partition coefficient (Wildman–Crippen LogP) is 3.77. The van der Waals surface area contributed by atoms with Gasteiger partial charge in [0.1, 0.15) is 0 Å². The van der Waals surface area contributed by atoms with Crippen molar-refractivity contribution in [3.8, 4) is 0 Å². The van der Waals surface area contributed by atoms with Gasteiger partial charge in [0.25, 0.3) is 0 Å². The number of nitrogens with zero attached hydrogens (tertiary/aromatic N) is 3. The molecule has 0 spiro atoms. The number of anilines is 1. The zero-order valence-corrected chi connectivity index (χ0v) is 14.0. The van der Waals surface area contributed by atoms with Crippen LogP contribution in [0.15, 0.2) is 16.4 Å². The first-order chi connectivity index (χ1) is 10.8. The molecule has 0 saturated carbocycles. The summed E-state index contributed by atoms with van der Waals surface area (Å²) in [6.45, 7) is 0.705. The second-order valence-electron chi connectivity index (χ2n) is 6.08. The van der Waals surface area contributed by atoms with Crippen LogP contribution in [0, 0.1) is 0 Å². The van der Waals surface area contributed by atoms with E-state index in [0.29, 0.717) is 18.9 Å². The summed E-state index contributed by atoms with van der Waals surface area (Å²) in [5, 5.41) is 8.49. The molecule has 0 fully saturated rings. The Balaban J connectivity index is 1.81. The molecular weight excluding hydrogens is 296 g/mol. The summed E-state index contributed by atoms with van der Waals surface area (Å²) in [7, 11) is 0. The smallest absolute Gasteiger partial charge is 0.227 e. The zero-order chi connectivity index (χ0) is 15.4. The van der Waals surface area contributed by atoms with Crippen molar-refractivity contribution in [1.29, 1.82) is 0 Å².